The van der Waals surface area contributed by atoms with Gasteiger partial charge in [0.25, 0.3) is 0 Å². The quantitative estimate of drug-likeness (QED) is 0.637. The van der Waals surface area contributed by atoms with Crippen molar-refractivity contribution < 1.29 is 4.79 Å². The summed E-state index contributed by atoms with van der Waals surface area (Å²) in [5, 5.41) is 3.08. The van der Waals surface area contributed by atoms with Gasteiger partial charge in [-0.1, -0.05) is 33.1 Å². The molecule has 0 bridgehead atoms. The SMILES string of the molecule is CCCCCNC(=O)C(C)N(CC)C1CCCC1CN. The molecule has 1 aliphatic rings. The molecular weight excluding hydrogens is 250 g/mol. The molecule has 0 aliphatic heterocycles. The van der Waals surface area contributed by atoms with Gasteiger partial charge in [-0.25, -0.2) is 0 Å². The molecule has 1 saturated carbocycles. The maximum Gasteiger partial charge on any atom is 0.237 e. The number of hydrogen-bond acceptors (Lipinski definition) is 3. The second-order valence-electron chi connectivity index (χ2n) is 6.00. The Morgan fingerprint density at radius 1 is 1.35 bits per heavy atom. The van der Waals surface area contributed by atoms with Crippen molar-refractivity contribution in [2.24, 2.45) is 11.7 Å². The topological polar surface area (TPSA) is 58.4 Å². The Balaban J connectivity index is 2.48. The highest BCUT2D eigenvalue weighted by atomic mass is 16.2. The minimum absolute atomic E-state index is 0.0428. The van der Waals surface area contributed by atoms with Gasteiger partial charge < -0.3 is 11.1 Å². The van der Waals surface area contributed by atoms with Crippen molar-refractivity contribution >= 4 is 5.91 Å². The first kappa shape index (κ1) is 17.4. The van der Waals surface area contributed by atoms with Crippen LogP contribution in [0.2, 0.25) is 0 Å². The summed E-state index contributed by atoms with van der Waals surface area (Å²) in [5.74, 6) is 0.732. The predicted molar refractivity (Wildman–Crippen MR) is 84.6 cm³/mol. The lowest BCUT2D eigenvalue weighted by Crippen LogP contribution is -2.51. The Morgan fingerprint density at radius 3 is 2.70 bits per heavy atom. The van der Waals surface area contributed by atoms with Crippen LogP contribution in [-0.4, -0.2) is 42.5 Å². The molecule has 3 unspecified atom stereocenters. The second kappa shape index (κ2) is 9.35. The lowest BCUT2D eigenvalue weighted by Gasteiger charge is -2.35. The zero-order chi connectivity index (χ0) is 15.0. The minimum atomic E-state index is -0.0428. The third-order valence-electron chi connectivity index (χ3n) is 4.67. The van der Waals surface area contributed by atoms with Crippen molar-refractivity contribution in [3.05, 3.63) is 0 Å². The number of nitrogens with zero attached hydrogens (tertiary/aromatic N) is 1. The van der Waals surface area contributed by atoms with Gasteiger partial charge in [-0.2, -0.15) is 0 Å². The summed E-state index contributed by atoms with van der Waals surface area (Å²) in [4.78, 5) is 14.6. The van der Waals surface area contributed by atoms with E-state index in [-0.39, 0.29) is 11.9 Å². The fraction of sp³-hybridized carbons (Fsp3) is 0.938. The van der Waals surface area contributed by atoms with Crippen LogP contribution >= 0.6 is 0 Å². The van der Waals surface area contributed by atoms with Crippen LogP contribution in [-0.2, 0) is 4.79 Å². The molecule has 0 heterocycles. The zero-order valence-corrected chi connectivity index (χ0v) is 13.5. The molecular formula is C16H33N3O. The summed E-state index contributed by atoms with van der Waals surface area (Å²) < 4.78 is 0. The van der Waals surface area contributed by atoms with Gasteiger partial charge in [0.15, 0.2) is 0 Å². The van der Waals surface area contributed by atoms with Gasteiger partial charge in [0.05, 0.1) is 6.04 Å². The minimum Gasteiger partial charge on any atom is -0.355 e. The molecule has 0 spiro atoms. The van der Waals surface area contributed by atoms with Crippen LogP contribution in [0.5, 0.6) is 0 Å². The number of rotatable bonds is 9. The van der Waals surface area contributed by atoms with E-state index in [1.165, 1.54) is 32.1 Å². The molecule has 1 rings (SSSR count). The van der Waals surface area contributed by atoms with Gasteiger partial charge in [0.1, 0.15) is 0 Å². The summed E-state index contributed by atoms with van der Waals surface area (Å²) in [6.07, 6.45) is 7.09. The van der Waals surface area contributed by atoms with Crippen LogP contribution in [0.25, 0.3) is 0 Å². The average molecular weight is 283 g/mol. The van der Waals surface area contributed by atoms with Gasteiger partial charge in [0.2, 0.25) is 5.91 Å². The Labute approximate surface area is 124 Å². The van der Waals surface area contributed by atoms with Gasteiger partial charge in [0, 0.05) is 12.6 Å². The van der Waals surface area contributed by atoms with E-state index >= 15 is 0 Å². The van der Waals surface area contributed by atoms with Crippen LogP contribution in [0.1, 0.15) is 59.3 Å². The highest BCUT2D eigenvalue weighted by Crippen LogP contribution is 2.30. The lowest BCUT2D eigenvalue weighted by atomic mass is 10.0. The fourth-order valence-corrected chi connectivity index (χ4v) is 3.41. The van der Waals surface area contributed by atoms with E-state index < -0.39 is 0 Å². The summed E-state index contributed by atoms with van der Waals surface area (Å²) in [7, 11) is 0. The number of unbranched alkanes of at least 4 members (excludes halogenated alkanes) is 2. The van der Waals surface area contributed by atoms with Crippen LogP contribution in [0.4, 0.5) is 0 Å². The molecule has 1 fully saturated rings. The van der Waals surface area contributed by atoms with Crippen molar-refractivity contribution in [2.75, 3.05) is 19.6 Å². The standard InChI is InChI=1S/C16H33N3O/c1-4-6-7-11-18-16(20)13(3)19(5-2)15-10-8-9-14(15)12-17/h13-15H,4-12,17H2,1-3H3,(H,18,20). The zero-order valence-electron chi connectivity index (χ0n) is 13.5. The van der Waals surface area contributed by atoms with Gasteiger partial charge >= 0.3 is 0 Å². The Morgan fingerprint density at radius 2 is 2.10 bits per heavy atom. The van der Waals surface area contributed by atoms with Crippen molar-refractivity contribution in [1.82, 2.24) is 10.2 Å². The summed E-state index contributed by atoms with van der Waals surface area (Å²) in [5.41, 5.74) is 5.88. The molecule has 1 amide bonds. The molecule has 4 nitrogen and oxygen atoms in total. The second-order valence-corrected chi connectivity index (χ2v) is 6.00. The molecule has 3 N–H and O–H groups in total. The third-order valence-corrected chi connectivity index (χ3v) is 4.67. The van der Waals surface area contributed by atoms with Gasteiger partial charge in [-0.3, -0.25) is 9.69 Å². The summed E-state index contributed by atoms with van der Waals surface area (Å²) in [6, 6.07) is 0.445. The molecule has 1 aliphatic carbocycles. The van der Waals surface area contributed by atoms with Gasteiger partial charge in [-0.15, -0.1) is 0 Å². The molecule has 0 aromatic carbocycles. The normalized spacial score (nSPS) is 24.1. The van der Waals surface area contributed by atoms with E-state index in [1.54, 1.807) is 0 Å². The van der Waals surface area contributed by atoms with E-state index in [9.17, 15) is 4.79 Å². The Bertz CT molecular complexity index is 283. The molecule has 0 aromatic rings. The van der Waals surface area contributed by atoms with Crippen molar-refractivity contribution in [1.29, 1.82) is 0 Å². The summed E-state index contributed by atoms with van der Waals surface area (Å²) >= 11 is 0. The van der Waals surface area contributed by atoms with Crippen molar-refractivity contribution in [3.8, 4) is 0 Å². The van der Waals surface area contributed by atoms with E-state index in [2.05, 4.69) is 24.1 Å². The smallest absolute Gasteiger partial charge is 0.237 e. The van der Waals surface area contributed by atoms with E-state index in [1.807, 2.05) is 6.92 Å². The Hall–Kier alpha value is -0.610. The van der Waals surface area contributed by atoms with E-state index in [0.29, 0.717) is 12.0 Å². The number of likely N-dealkylation sites (N-methyl/N-ethyl adjacent to an activating group) is 1. The number of nitrogens with two attached hydrogens (primary N) is 1. The van der Waals surface area contributed by atoms with Crippen molar-refractivity contribution in [3.63, 3.8) is 0 Å². The number of carbonyl (C=O) groups is 1. The Kier molecular flexibility index (Phi) is 8.15. The van der Waals surface area contributed by atoms with Crippen LogP contribution in [0, 0.1) is 5.92 Å². The molecule has 0 saturated heterocycles. The summed E-state index contributed by atoms with van der Waals surface area (Å²) in [6.45, 7) is 8.82. The third kappa shape index (κ3) is 4.74. The maximum atomic E-state index is 12.3. The molecule has 0 radical (unpaired) electrons. The predicted octanol–water partition coefficient (Wildman–Crippen LogP) is 2.13. The van der Waals surface area contributed by atoms with Crippen LogP contribution in [0.15, 0.2) is 0 Å². The van der Waals surface area contributed by atoms with E-state index in [0.717, 1.165) is 26.1 Å². The molecule has 20 heavy (non-hydrogen) atoms. The molecule has 118 valence electrons. The van der Waals surface area contributed by atoms with Crippen LogP contribution < -0.4 is 11.1 Å². The lowest BCUT2D eigenvalue weighted by molar-refractivity contribution is -0.127. The van der Waals surface area contributed by atoms with Crippen molar-refractivity contribution in [2.45, 2.75) is 71.4 Å². The first-order chi connectivity index (χ1) is 9.65. The first-order valence-electron chi connectivity index (χ1n) is 8.39. The highest BCUT2D eigenvalue weighted by molar-refractivity contribution is 5.81. The largest absolute Gasteiger partial charge is 0.355 e. The number of amides is 1. The first-order valence-corrected chi connectivity index (χ1v) is 8.39. The number of hydrogen-bond donors (Lipinski definition) is 2. The average Bonchev–Trinajstić information content (AvgIpc) is 2.92. The van der Waals surface area contributed by atoms with Crippen LogP contribution in [0.3, 0.4) is 0 Å². The maximum absolute atomic E-state index is 12.3. The fourth-order valence-electron chi connectivity index (χ4n) is 3.41. The van der Waals surface area contributed by atoms with Gasteiger partial charge in [-0.05, 0) is 45.2 Å². The molecule has 3 atom stereocenters. The number of nitrogens with one attached hydrogen (secondary N) is 1. The molecule has 4 heteroatoms. The highest BCUT2D eigenvalue weighted by Gasteiger charge is 2.34. The molecule has 0 aromatic heterocycles. The van der Waals surface area contributed by atoms with E-state index in [4.69, 9.17) is 5.73 Å². The number of carbonyl (C=O) groups excluding carboxylic acids is 1. The monoisotopic (exact) mass is 283 g/mol.